The number of β-amino-alcohol motifs (C(OH)–C–C–N with tert-alkyl or cyclic N) is 1. The molecule has 2 heterocycles. The number of hydrogen-bond acceptors (Lipinski definition) is 5. The molecule has 1 aromatic carbocycles. The number of rotatable bonds is 3. The van der Waals surface area contributed by atoms with Crippen molar-refractivity contribution >= 4 is 22.4 Å². The molecule has 0 saturated carbocycles. The van der Waals surface area contributed by atoms with Gasteiger partial charge in [0.25, 0.3) is 0 Å². The topological polar surface area (TPSA) is 74.2 Å². The molecule has 23 heavy (non-hydrogen) atoms. The van der Waals surface area contributed by atoms with Crippen molar-refractivity contribution in [3.8, 4) is 11.3 Å². The number of aryl methyl sites for hydroxylation is 2. The number of nitrogens with zero attached hydrogens (tertiary/aromatic N) is 1. The van der Waals surface area contributed by atoms with Gasteiger partial charge in [-0.3, -0.25) is 4.79 Å². The first-order chi connectivity index (χ1) is 11.2. The summed E-state index contributed by atoms with van der Waals surface area (Å²) in [6.07, 6.45) is 3.57. The van der Waals surface area contributed by atoms with Gasteiger partial charge in [0.1, 0.15) is 0 Å². The van der Waals surface area contributed by atoms with E-state index in [4.69, 9.17) is 0 Å². The number of hydrogen-bond donors (Lipinski definition) is 3. The Kier molecular flexibility index (Phi) is 3.88. The van der Waals surface area contributed by atoms with Gasteiger partial charge >= 0.3 is 0 Å². The third kappa shape index (κ3) is 3.02. The summed E-state index contributed by atoms with van der Waals surface area (Å²) in [5.74, 6) is -0.128. The molecule has 1 fully saturated rings. The van der Waals surface area contributed by atoms with Gasteiger partial charge in [0.15, 0.2) is 5.13 Å². The van der Waals surface area contributed by atoms with E-state index in [2.05, 4.69) is 33.8 Å². The molecule has 4 rings (SSSR count). The number of carbonyl (C=O) groups excluding carboxylic acids is 1. The molecule has 2 aliphatic rings. The molecule has 1 amide bonds. The zero-order chi connectivity index (χ0) is 15.8. The Bertz CT molecular complexity index is 743. The highest BCUT2D eigenvalue weighted by Crippen LogP contribution is 2.30. The average Bonchev–Trinajstić information content (AvgIpc) is 3.26. The largest absolute Gasteiger partial charge is 0.392 e. The van der Waals surface area contributed by atoms with Gasteiger partial charge in [-0.1, -0.05) is 12.1 Å². The first-order valence-corrected chi connectivity index (χ1v) is 8.87. The van der Waals surface area contributed by atoms with E-state index in [1.165, 1.54) is 35.3 Å². The Balaban J connectivity index is 1.47. The van der Waals surface area contributed by atoms with Crippen LogP contribution in [0.2, 0.25) is 0 Å². The predicted molar refractivity (Wildman–Crippen MR) is 90.6 cm³/mol. The Morgan fingerprint density at radius 3 is 3.04 bits per heavy atom. The highest BCUT2D eigenvalue weighted by atomic mass is 32.1. The summed E-state index contributed by atoms with van der Waals surface area (Å²) in [6, 6.07) is 6.19. The van der Waals surface area contributed by atoms with Gasteiger partial charge in [-0.15, -0.1) is 11.3 Å². The van der Waals surface area contributed by atoms with Crippen LogP contribution in [-0.4, -0.2) is 34.7 Å². The maximum atomic E-state index is 12.1. The average molecular weight is 329 g/mol. The van der Waals surface area contributed by atoms with E-state index in [1.54, 1.807) is 0 Å². The summed E-state index contributed by atoms with van der Waals surface area (Å²) in [5, 5.41) is 17.9. The van der Waals surface area contributed by atoms with Gasteiger partial charge in [-0.05, 0) is 42.9 Å². The Morgan fingerprint density at radius 1 is 1.35 bits per heavy atom. The van der Waals surface area contributed by atoms with Gasteiger partial charge in [0.05, 0.1) is 17.8 Å². The lowest BCUT2D eigenvalue weighted by Crippen LogP contribution is -2.35. The second-order valence-electron chi connectivity index (χ2n) is 6.21. The van der Waals surface area contributed by atoms with E-state index in [0.29, 0.717) is 18.1 Å². The number of aliphatic hydroxyl groups is 1. The Hall–Kier alpha value is -1.76. The maximum absolute atomic E-state index is 12.1. The molecule has 0 radical (unpaired) electrons. The van der Waals surface area contributed by atoms with Gasteiger partial charge in [0, 0.05) is 17.5 Å². The minimum absolute atomic E-state index is 0.128. The fourth-order valence-corrected chi connectivity index (χ4v) is 4.03. The number of amides is 1. The monoisotopic (exact) mass is 329 g/mol. The third-order valence-corrected chi connectivity index (χ3v) is 5.31. The minimum Gasteiger partial charge on any atom is -0.392 e. The summed E-state index contributed by atoms with van der Waals surface area (Å²) >= 11 is 1.43. The molecule has 120 valence electrons. The van der Waals surface area contributed by atoms with Gasteiger partial charge in [-0.2, -0.15) is 0 Å². The molecule has 0 spiro atoms. The van der Waals surface area contributed by atoms with Crippen molar-refractivity contribution < 1.29 is 9.90 Å². The van der Waals surface area contributed by atoms with Crippen LogP contribution < -0.4 is 10.6 Å². The number of benzene rings is 1. The van der Waals surface area contributed by atoms with E-state index < -0.39 is 6.10 Å². The molecule has 0 unspecified atom stereocenters. The second-order valence-corrected chi connectivity index (χ2v) is 7.07. The van der Waals surface area contributed by atoms with Crippen LogP contribution in [0.3, 0.4) is 0 Å². The normalized spacial score (nSPS) is 23.0. The van der Waals surface area contributed by atoms with Crippen LogP contribution in [0.5, 0.6) is 0 Å². The molecule has 1 aromatic heterocycles. The molecule has 3 N–H and O–H groups in total. The number of aromatic nitrogens is 1. The number of nitrogens with one attached hydrogen (secondary N) is 2. The van der Waals surface area contributed by atoms with E-state index in [9.17, 15) is 9.90 Å². The van der Waals surface area contributed by atoms with Crippen LogP contribution in [0.4, 0.5) is 5.13 Å². The zero-order valence-corrected chi connectivity index (χ0v) is 13.5. The number of anilines is 1. The minimum atomic E-state index is -0.441. The molecule has 0 bridgehead atoms. The Morgan fingerprint density at radius 2 is 2.22 bits per heavy atom. The quantitative estimate of drug-likeness (QED) is 0.805. The molecule has 1 aliphatic carbocycles. The SMILES string of the molecule is O=C(Nc1nc(-c2ccc3c(c2)CCC3)cs1)[C@H]1C[C@H](O)CN1. The van der Waals surface area contributed by atoms with Crippen LogP contribution in [0.1, 0.15) is 24.0 Å². The maximum Gasteiger partial charge on any atom is 0.243 e. The lowest BCUT2D eigenvalue weighted by Gasteiger charge is -2.08. The molecule has 2 atom stereocenters. The lowest BCUT2D eigenvalue weighted by molar-refractivity contribution is -0.117. The van der Waals surface area contributed by atoms with Gasteiger partial charge < -0.3 is 15.7 Å². The van der Waals surface area contributed by atoms with Crippen LogP contribution in [0, 0.1) is 0 Å². The van der Waals surface area contributed by atoms with Crippen molar-refractivity contribution in [3.05, 3.63) is 34.7 Å². The smallest absolute Gasteiger partial charge is 0.243 e. The van der Waals surface area contributed by atoms with Crippen LogP contribution in [0.15, 0.2) is 23.6 Å². The van der Waals surface area contributed by atoms with Crippen LogP contribution in [-0.2, 0) is 17.6 Å². The summed E-state index contributed by atoms with van der Waals surface area (Å²) in [6.45, 7) is 0.469. The highest BCUT2D eigenvalue weighted by molar-refractivity contribution is 7.14. The van der Waals surface area contributed by atoms with Crippen molar-refractivity contribution in [1.29, 1.82) is 0 Å². The first kappa shape index (κ1) is 14.8. The fraction of sp³-hybridized carbons (Fsp3) is 0.412. The first-order valence-electron chi connectivity index (χ1n) is 7.99. The summed E-state index contributed by atoms with van der Waals surface area (Å²) < 4.78 is 0. The van der Waals surface area contributed by atoms with Crippen LogP contribution >= 0.6 is 11.3 Å². The molecule has 5 nitrogen and oxygen atoms in total. The molecular formula is C17H19N3O2S. The third-order valence-electron chi connectivity index (χ3n) is 4.55. The fourth-order valence-electron chi connectivity index (χ4n) is 3.30. The standard InChI is InChI=1S/C17H19N3O2S/c21-13-7-14(18-8-13)16(22)20-17-19-15(9-23-17)12-5-4-10-2-1-3-11(10)6-12/h4-6,9,13-14,18,21H,1-3,7-8H2,(H,19,20,22)/t13-,14+/m0/s1. The van der Waals surface area contributed by atoms with E-state index >= 15 is 0 Å². The number of carbonyl (C=O) groups is 1. The van der Waals surface area contributed by atoms with Crippen LogP contribution in [0.25, 0.3) is 11.3 Å². The molecule has 6 heteroatoms. The summed E-state index contributed by atoms with van der Waals surface area (Å²) in [7, 11) is 0. The number of aliphatic hydroxyl groups excluding tert-OH is 1. The van der Waals surface area contributed by atoms with E-state index in [1.807, 2.05) is 5.38 Å². The van der Waals surface area contributed by atoms with Crippen molar-refractivity contribution in [2.75, 3.05) is 11.9 Å². The van der Waals surface area contributed by atoms with Crippen molar-refractivity contribution in [3.63, 3.8) is 0 Å². The zero-order valence-electron chi connectivity index (χ0n) is 12.7. The van der Waals surface area contributed by atoms with Gasteiger partial charge in [0.2, 0.25) is 5.91 Å². The molecule has 2 aromatic rings. The number of fused-ring (bicyclic) bond motifs is 1. The van der Waals surface area contributed by atoms with Crippen molar-refractivity contribution in [2.45, 2.75) is 37.8 Å². The van der Waals surface area contributed by atoms with Crippen molar-refractivity contribution in [1.82, 2.24) is 10.3 Å². The molecular weight excluding hydrogens is 310 g/mol. The summed E-state index contributed by atoms with van der Waals surface area (Å²) in [5.41, 5.74) is 4.88. The Labute approximate surface area is 138 Å². The predicted octanol–water partition coefficient (Wildman–Crippen LogP) is 1.96. The number of thiazole rings is 1. The van der Waals surface area contributed by atoms with E-state index in [0.717, 1.165) is 17.7 Å². The molecule has 1 aliphatic heterocycles. The lowest BCUT2D eigenvalue weighted by atomic mass is 10.1. The second kappa shape index (κ2) is 6.03. The van der Waals surface area contributed by atoms with Gasteiger partial charge in [-0.25, -0.2) is 4.98 Å². The van der Waals surface area contributed by atoms with Crippen molar-refractivity contribution in [2.24, 2.45) is 0 Å². The highest BCUT2D eigenvalue weighted by Gasteiger charge is 2.28. The summed E-state index contributed by atoms with van der Waals surface area (Å²) in [4.78, 5) is 16.7. The van der Waals surface area contributed by atoms with E-state index in [-0.39, 0.29) is 11.9 Å². The molecule has 1 saturated heterocycles.